The van der Waals surface area contributed by atoms with Gasteiger partial charge in [0.05, 0.1) is 6.54 Å². The topological polar surface area (TPSA) is 63.1 Å². The number of aromatic nitrogens is 3. The Hall–Kier alpha value is -2.28. The zero-order chi connectivity index (χ0) is 18.5. The van der Waals surface area contributed by atoms with Gasteiger partial charge in [-0.05, 0) is 44.6 Å². The molecule has 1 N–H and O–H groups in total. The number of likely N-dealkylation sites (N-methyl/N-ethyl adjacent to an activating group) is 1. The molecule has 1 aliphatic carbocycles. The number of carbonyl (C=O) groups excluding carboxylic acids is 1. The van der Waals surface area contributed by atoms with Crippen LogP contribution in [0, 0.1) is 5.82 Å². The molecule has 1 amide bonds. The number of benzene rings is 1. The minimum absolute atomic E-state index is 0.139. The van der Waals surface area contributed by atoms with E-state index in [9.17, 15) is 9.18 Å². The van der Waals surface area contributed by atoms with Crippen molar-refractivity contribution >= 4 is 5.91 Å². The predicted octanol–water partition coefficient (Wildman–Crippen LogP) is 2.84. The number of carbonyl (C=O) groups is 1. The maximum atomic E-state index is 13.2. The minimum Gasteiger partial charge on any atom is -0.347 e. The fraction of sp³-hybridized carbons (Fsp3) is 0.526. The van der Waals surface area contributed by atoms with Crippen LogP contribution in [0.5, 0.6) is 0 Å². The molecule has 0 bridgehead atoms. The van der Waals surface area contributed by atoms with Crippen LogP contribution < -0.4 is 5.32 Å². The lowest BCUT2D eigenvalue weighted by molar-refractivity contribution is -0.126. The van der Waals surface area contributed by atoms with Gasteiger partial charge in [-0.3, -0.25) is 9.69 Å². The Bertz CT molecular complexity index is 722. The maximum Gasteiger partial charge on any atom is 0.242 e. The number of amides is 1. The lowest BCUT2D eigenvalue weighted by Crippen LogP contribution is -2.37. The Morgan fingerprint density at radius 1 is 1.27 bits per heavy atom. The van der Waals surface area contributed by atoms with Gasteiger partial charge in [0.2, 0.25) is 5.91 Å². The van der Waals surface area contributed by atoms with Crippen LogP contribution in [-0.2, 0) is 11.3 Å². The zero-order valence-corrected chi connectivity index (χ0v) is 15.4. The molecule has 1 aliphatic rings. The summed E-state index contributed by atoms with van der Waals surface area (Å²) in [4.78, 5) is 14.6. The first-order valence-electron chi connectivity index (χ1n) is 9.14. The summed E-state index contributed by atoms with van der Waals surface area (Å²) in [5.41, 5.74) is 0.752. The van der Waals surface area contributed by atoms with Crippen LogP contribution in [0.1, 0.15) is 55.6 Å². The molecular weight excluding hydrogens is 333 g/mol. The second-order valence-corrected chi connectivity index (χ2v) is 7.08. The van der Waals surface area contributed by atoms with Gasteiger partial charge >= 0.3 is 0 Å². The standard InChI is InChI=1S/C19H26FN5O/c1-24(2)18(14-8-10-15(20)11-9-14)19(26)21-12-17-23-22-13-25(17)16-6-4-3-5-7-16/h8-11,13,16,18H,3-7,12H2,1-2H3,(H,21,26)/t18-/m0/s1. The molecule has 1 atom stereocenters. The summed E-state index contributed by atoms with van der Waals surface area (Å²) in [6.45, 7) is 0.334. The van der Waals surface area contributed by atoms with Crippen LogP contribution in [-0.4, -0.2) is 39.7 Å². The monoisotopic (exact) mass is 359 g/mol. The fourth-order valence-electron chi connectivity index (χ4n) is 3.65. The van der Waals surface area contributed by atoms with Crippen LogP contribution >= 0.6 is 0 Å². The largest absolute Gasteiger partial charge is 0.347 e. The van der Waals surface area contributed by atoms with Crippen LogP contribution in [0.25, 0.3) is 0 Å². The molecule has 6 nitrogen and oxygen atoms in total. The van der Waals surface area contributed by atoms with Gasteiger partial charge in [0.25, 0.3) is 0 Å². The average Bonchev–Trinajstić information content (AvgIpc) is 3.11. The van der Waals surface area contributed by atoms with Crippen molar-refractivity contribution in [2.75, 3.05) is 14.1 Å². The molecule has 3 rings (SSSR count). The number of nitrogens with one attached hydrogen (secondary N) is 1. The third-order valence-corrected chi connectivity index (χ3v) is 4.99. The zero-order valence-electron chi connectivity index (χ0n) is 15.4. The first-order chi connectivity index (χ1) is 12.6. The third kappa shape index (κ3) is 4.27. The Balaban J connectivity index is 1.67. The number of hydrogen-bond donors (Lipinski definition) is 1. The highest BCUT2D eigenvalue weighted by Crippen LogP contribution is 2.28. The highest BCUT2D eigenvalue weighted by Gasteiger charge is 2.24. The van der Waals surface area contributed by atoms with Gasteiger partial charge < -0.3 is 9.88 Å². The summed E-state index contributed by atoms with van der Waals surface area (Å²) in [5.74, 6) is 0.328. The highest BCUT2D eigenvalue weighted by atomic mass is 19.1. The van der Waals surface area contributed by atoms with Gasteiger partial charge in [-0.1, -0.05) is 31.4 Å². The summed E-state index contributed by atoms with van der Waals surface area (Å²) < 4.78 is 15.3. The summed E-state index contributed by atoms with van der Waals surface area (Å²) in [6.07, 6.45) is 7.77. The molecule has 1 fully saturated rings. The number of rotatable bonds is 6. The van der Waals surface area contributed by atoms with Gasteiger partial charge in [-0.2, -0.15) is 0 Å². The van der Waals surface area contributed by atoms with Crippen molar-refractivity contribution in [3.63, 3.8) is 0 Å². The van der Waals surface area contributed by atoms with E-state index in [-0.39, 0.29) is 11.7 Å². The van der Waals surface area contributed by atoms with E-state index in [1.54, 1.807) is 18.5 Å². The molecule has 26 heavy (non-hydrogen) atoms. The van der Waals surface area contributed by atoms with Crippen molar-refractivity contribution in [3.05, 3.63) is 47.8 Å². The first-order valence-corrected chi connectivity index (χ1v) is 9.14. The Kier molecular flexibility index (Phi) is 5.98. The lowest BCUT2D eigenvalue weighted by atomic mass is 9.95. The first kappa shape index (κ1) is 18.5. The summed E-state index contributed by atoms with van der Waals surface area (Å²) in [6, 6.07) is 5.97. The van der Waals surface area contributed by atoms with Gasteiger partial charge in [0, 0.05) is 6.04 Å². The molecule has 2 aromatic rings. The highest BCUT2D eigenvalue weighted by molar-refractivity contribution is 5.83. The Labute approximate surface area is 153 Å². The van der Waals surface area contributed by atoms with Crippen LogP contribution in [0.3, 0.4) is 0 Å². The normalized spacial score (nSPS) is 16.6. The minimum atomic E-state index is -0.485. The van der Waals surface area contributed by atoms with Crippen LogP contribution in [0.2, 0.25) is 0 Å². The fourth-order valence-corrected chi connectivity index (χ4v) is 3.65. The second-order valence-electron chi connectivity index (χ2n) is 7.08. The third-order valence-electron chi connectivity index (χ3n) is 4.99. The smallest absolute Gasteiger partial charge is 0.242 e. The van der Waals surface area contributed by atoms with Gasteiger partial charge in [-0.15, -0.1) is 10.2 Å². The quantitative estimate of drug-likeness (QED) is 0.861. The van der Waals surface area contributed by atoms with Gasteiger partial charge in [0.15, 0.2) is 5.82 Å². The van der Waals surface area contributed by atoms with E-state index in [0.29, 0.717) is 12.6 Å². The van der Waals surface area contributed by atoms with Crippen LogP contribution in [0.15, 0.2) is 30.6 Å². The predicted molar refractivity (Wildman–Crippen MR) is 96.8 cm³/mol. The molecule has 7 heteroatoms. The van der Waals surface area contributed by atoms with Crippen molar-refractivity contribution in [1.29, 1.82) is 0 Å². The van der Waals surface area contributed by atoms with Crippen molar-refractivity contribution < 1.29 is 9.18 Å². The van der Waals surface area contributed by atoms with E-state index in [1.165, 1.54) is 31.4 Å². The second kappa shape index (κ2) is 8.40. The average molecular weight is 359 g/mol. The van der Waals surface area contributed by atoms with Gasteiger partial charge in [-0.25, -0.2) is 4.39 Å². The van der Waals surface area contributed by atoms with E-state index >= 15 is 0 Å². The molecule has 0 radical (unpaired) electrons. The van der Waals surface area contributed by atoms with Crippen molar-refractivity contribution in [2.24, 2.45) is 0 Å². The molecule has 1 aromatic heterocycles. The molecule has 0 saturated heterocycles. The van der Waals surface area contributed by atoms with E-state index in [0.717, 1.165) is 24.2 Å². The summed E-state index contributed by atoms with van der Waals surface area (Å²) in [7, 11) is 3.66. The lowest BCUT2D eigenvalue weighted by Gasteiger charge is -2.25. The summed E-state index contributed by atoms with van der Waals surface area (Å²) >= 11 is 0. The molecule has 1 aromatic carbocycles. The SMILES string of the molecule is CN(C)[C@H](C(=O)NCc1nncn1C1CCCCC1)c1ccc(F)cc1. The van der Waals surface area contributed by atoms with Crippen LogP contribution in [0.4, 0.5) is 4.39 Å². The molecule has 1 heterocycles. The maximum absolute atomic E-state index is 13.2. The Morgan fingerprint density at radius 2 is 1.96 bits per heavy atom. The van der Waals surface area contributed by atoms with E-state index in [4.69, 9.17) is 0 Å². The van der Waals surface area contributed by atoms with Gasteiger partial charge in [0.1, 0.15) is 18.2 Å². The number of hydrogen-bond acceptors (Lipinski definition) is 4. The molecule has 1 saturated carbocycles. The number of nitrogens with zero attached hydrogens (tertiary/aromatic N) is 4. The molecule has 0 unspecified atom stereocenters. The van der Waals surface area contributed by atoms with Crippen molar-refractivity contribution in [2.45, 2.75) is 50.7 Å². The van der Waals surface area contributed by atoms with Crippen molar-refractivity contribution in [3.8, 4) is 0 Å². The van der Waals surface area contributed by atoms with Crippen molar-refractivity contribution in [1.82, 2.24) is 25.0 Å². The molecular formula is C19H26FN5O. The molecule has 0 spiro atoms. The number of halogens is 1. The molecule has 140 valence electrons. The molecule has 0 aliphatic heterocycles. The van der Waals surface area contributed by atoms with E-state index in [2.05, 4.69) is 20.1 Å². The van der Waals surface area contributed by atoms with E-state index in [1.807, 2.05) is 19.0 Å². The Morgan fingerprint density at radius 3 is 2.62 bits per heavy atom. The summed E-state index contributed by atoms with van der Waals surface area (Å²) in [5, 5.41) is 11.2. The van der Waals surface area contributed by atoms with E-state index < -0.39 is 6.04 Å².